The van der Waals surface area contributed by atoms with E-state index in [2.05, 4.69) is 54.5 Å². The first-order chi connectivity index (χ1) is 9.41. The summed E-state index contributed by atoms with van der Waals surface area (Å²) in [5.74, 6) is 0. The van der Waals surface area contributed by atoms with Gasteiger partial charge in [0.05, 0.1) is 13.2 Å². The molecule has 0 aromatic rings. The summed E-state index contributed by atoms with van der Waals surface area (Å²) >= 11 is 6.09. The second-order valence-corrected chi connectivity index (χ2v) is 5.76. The Labute approximate surface area is 134 Å². The van der Waals surface area contributed by atoms with Gasteiger partial charge in [-0.05, 0) is 12.8 Å². The topological polar surface area (TPSA) is 71.1 Å². The summed E-state index contributed by atoms with van der Waals surface area (Å²) in [6, 6.07) is 0. The van der Waals surface area contributed by atoms with E-state index < -0.39 is 12.3 Å². The lowest BCUT2D eigenvalue weighted by atomic mass is 10.3. The van der Waals surface area contributed by atoms with Crippen molar-refractivity contribution in [3.05, 3.63) is 22.1 Å². The lowest BCUT2D eigenvalue weighted by molar-refractivity contribution is 0.0507. The normalized spacial score (nSPS) is 9.50. The minimum absolute atomic E-state index is 0.0622. The second kappa shape index (κ2) is 11.8. The summed E-state index contributed by atoms with van der Waals surface area (Å²) in [6.07, 6.45) is -0.436. The van der Waals surface area contributed by atoms with E-state index >= 15 is 0 Å². The first kappa shape index (κ1) is 19.0. The highest BCUT2D eigenvalue weighted by Crippen LogP contribution is 2.03. The van der Waals surface area contributed by atoms with Gasteiger partial charge in [-0.1, -0.05) is 45.0 Å². The molecule has 0 spiro atoms. The number of halogens is 2. The van der Waals surface area contributed by atoms with Crippen molar-refractivity contribution < 1.29 is 28.5 Å². The van der Waals surface area contributed by atoms with Gasteiger partial charge < -0.3 is 18.9 Å². The van der Waals surface area contributed by atoms with Crippen molar-refractivity contribution in [3.63, 3.8) is 0 Å². The van der Waals surface area contributed by atoms with Gasteiger partial charge in [0.15, 0.2) is 0 Å². The molecule has 6 nitrogen and oxygen atoms in total. The molecular formula is C12H16Br2O6. The van der Waals surface area contributed by atoms with E-state index in [0.29, 0.717) is 21.8 Å². The molecule has 114 valence electrons. The zero-order chi connectivity index (χ0) is 15.4. The van der Waals surface area contributed by atoms with E-state index in [0.717, 1.165) is 0 Å². The van der Waals surface area contributed by atoms with E-state index in [1.54, 1.807) is 0 Å². The Balaban J connectivity index is 3.39. The first-order valence-corrected chi connectivity index (χ1v) is 7.26. The molecule has 0 fully saturated rings. The molecule has 0 aliphatic carbocycles. The third-order valence-electron chi connectivity index (χ3n) is 1.67. The SMILES string of the molecule is C=C(Br)COC(=O)OCCCCOC(=O)OCC(=C)Br. The van der Waals surface area contributed by atoms with Crippen LogP contribution in [-0.2, 0) is 18.9 Å². The quantitative estimate of drug-likeness (QED) is 0.420. The molecule has 0 saturated heterocycles. The van der Waals surface area contributed by atoms with Crippen LogP contribution in [0.3, 0.4) is 0 Å². The highest BCUT2D eigenvalue weighted by molar-refractivity contribution is 9.12. The minimum atomic E-state index is -0.762. The van der Waals surface area contributed by atoms with Crippen LogP contribution >= 0.6 is 31.9 Å². The van der Waals surface area contributed by atoms with Crippen LogP contribution in [0, 0.1) is 0 Å². The summed E-state index contributed by atoms with van der Waals surface area (Å²) in [6.45, 7) is 7.50. The molecule has 0 atom stereocenters. The average molecular weight is 416 g/mol. The summed E-state index contributed by atoms with van der Waals surface area (Å²) in [5, 5.41) is 0. The van der Waals surface area contributed by atoms with Crippen molar-refractivity contribution >= 4 is 44.2 Å². The zero-order valence-corrected chi connectivity index (χ0v) is 14.0. The molecule has 20 heavy (non-hydrogen) atoms. The maximum Gasteiger partial charge on any atom is 0.508 e. The molecule has 0 aliphatic rings. The van der Waals surface area contributed by atoms with Gasteiger partial charge in [-0.2, -0.15) is 0 Å². The summed E-state index contributed by atoms with van der Waals surface area (Å²) in [5.41, 5.74) is 0. The zero-order valence-electron chi connectivity index (χ0n) is 10.9. The molecule has 0 heterocycles. The van der Waals surface area contributed by atoms with Gasteiger partial charge in [-0.15, -0.1) is 0 Å². The molecule has 0 unspecified atom stereocenters. The minimum Gasteiger partial charge on any atom is -0.434 e. The van der Waals surface area contributed by atoms with Crippen molar-refractivity contribution in [3.8, 4) is 0 Å². The fourth-order valence-corrected chi connectivity index (χ4v) is 1.10. The Hall–Kier alpha value is -1.02. The molecule has 8 heteroatoms. The van der Waals surface area contributed by atoms with Crippen molar-refractivity contribution in [2.24, 2.45) is 0 Å². The van der Waals surface area contributed by atoms with Gasteiger partial charge in [0.1, 0.15) is 13.2 Å². The van der Waals surface area contributed by atoms with Gasteiger partial charge in [0.25, 0.3) is 0 Å². The molecule has 0 aromatic heterocycles. The highest BCUT2D eigenvalue weighted by Gasteiger charge is 2.05. The van der Waals surface area contributed by atoms with Gasteiger partial charge in [-0.3, -0.25) is 0 Å². The van der Waals surface area contributed by atoms with E-state index in [1.165, 1.54) is 0 Å². The Morgan fingerprint density at radius 3 is 1.40 bits per heavy atom. The Morgan fingerprint density at radius 1 is 0.750 bits per heavy atom. The van der Waals surface area contributed by atoms with E-state index in [1.807, 2.05) is 0 Å². The number of rotatable bonds is 9. The van der Waals surface area contributed by atoms with Gasteiger partial charge >= 0.3 is 12.3 Å². The average Bonchev–Trinajstić information content (AvgIpc) is 2.37. The molecule has 0 rings (SSSR count). The predicted octanol–water partition coefficient (Wildman–Crippen LogP) is 3.89. The standard InChI is InChI=1S/C12H16Br2O6/c1-9(13)7-19-11(15)17-5-3-4-6-18-12(16)20-8-10(2)14/h1-8H2. The number of hydrogen-bond donors (Lipinski definition) is 0. The summed E-state index contributed by atoms with van der Waals surface area (Å²) in [7, 11) is 0. The first-order valence-electron chi connectivity index (χ1n) is 5.67. The molecule has 0 N–H and O–H groups in total. The van der Waals surface area contributed by atoms with Crippen molar-refractivity contribution in [1.82, 2.24) is 0 Å². The van der Waals surface area contributed by atoms with Gasteiger partial charge in [0.2, 0.25) is 0 Å². The predicted molar refractivity (Wildman–Crippen MR) is 80.0 cm³/mol. The second-order valence-electron chi connectivity index (χ2n) is 3.52. The van der Waals surface area contributed by atoms with E-state index in [-0.39, 0.29) is 26.4 Å². The summed E-state index contributed by atoms with van der Waals surface area (Å²) in [4.78, 5) is 22.0. The number of unbranched alkanes of at least 4 members (excludes halogenated alkanes) is 1. The van der Waals surface area contributed by atoms with E-state index in [4.69, 9.17) is 9.47 Å². The van der Waals surface area contributed by atoms with Crippen molar-refractivity contribution in [1.29, 1.82) is 0 Å². The van der Waals surface area contributed by atoms with Crippen molar-refractivity contribution in [2.45, 2.75) is 12.8 Å². The maximum absolute atomic E-state index is 11.0. The third kappa shape index (κ3) is 13.4. The van der Waals surface area contributed by atoms with Crippen LogP contribution in [0.5, 0.6) is 0 Å². The van der Waals surface area contributed by atoms with Crippen LogP contribution in [0.25, 0.3) is 0 Å². The smallest absolute Gasteiger partial charge is 0.434 e. The van der Waals surface area contributed by atoms with Crippen LogP contribution in [0.1, 0.15) is 12.8 Å². The maximum atomic E-state index is 11.0. The van der Waals surface area contributed by atoms with Crippen LogP contribution < -0.4 is 0 Å². The number of carbonyl (C=O) groups is 2. The summed E-state index contributed by atoms with van der Waals surface area (Å²) < 4.78 is 20.0. The molecule has 0 saturated carbocycles. The van der Waals surface area contributed by atoms with Crippen LogP contribution in [-0.4, -0.2) is 38.7 Å². The molecular weight excluding hydrogens is 400 g/mol. The van der Waals surface area contributed by atoms with Crippen molar-refractivity contribution in [2.75, 3.05) is 26.4 Å². The van der Waals surface area contributed by atoms with Crippen LogP contribution in [0.15, 0.2) is 22.1 Å². The molecule has 0 radical (unpaired) electrons. The van der Waals surface area contributed by atoms with Crippen LogP contribution in [0.2, 0.25) is 0 Å². The molecule has 0 amide bonds. The third-order valence-corrected chi connectivity index (χ3v) is 2.13. The Morgan fingerprint density at radius 2 is 1.10 bits per heavy atom. The molecule has 0 aliphatic heterocycles. The Bertz CT molecular complexity index is 322. The Kier molecular flexibility index (Phi) is 11.2. The molecule has 0 aromatic carbocycles. The lowest BCUT2D eigenvalue weighted by Crippen LogP contribution is -2.11. The van der Waals surface area contributed by atoms with Crippen LogP contribution in [0.4, 0.5) is 9.59 Å². The van der Waals surface area contributed by atoms with E-state index in [9.17, 15) is 9.59 Å². The fourth-order valence-electron chi connectivity index (χ4n) is 0.873. The lowest BCUT2D eigenvalue weighted by Gasteiger charge is -2.06. The number of carbonyl (C=O) groups excluding carboxylic acids is 2. The number of hydrogen-bond acceptors (Lipinski definition) is 6. The van der Waals surface area contributed by atoms with Gasteiger partial charge in [-0.25, -0.2) is 9.59 Å². The highest BCUT2D eigenvalue weighted by atomic mass is 79.9. The molecule has 0 bridgehead atoms. The fraction of sp³-hybridized carbons (Fsp3) is 0.500. The number of ether oxygens (including phenoxy) is 4. The monoisotopic (exact) mass is 414 g/mol. The largest absolute Gasteiger partial charge is 0.508 e. The van der Waals surface area contributed by atoms with Gasteiger partial charge in [0, 0.05) is 8.96 Å².